The second-order valence-corrected chi connectivity index (χ2v) is 6.36. The number of nitrogens with one attached hydrogen (secondary N) is 2. The average molecular weight is 364 g/mol. The Morgan fingerprint density at radius 1 is 1.38 bits per heavy atom. The van der Waals surface area contributed by atoms with Crippen molar-refractivity contribution in [2.75, 3.05) is 25.0 Å². The summed E-state index contributed by atoms with van der Waals surface area (Å²) in [6.07, 6.45) is 5.57. The van der Waals surface area contributed by atoms with Crippen LogP contribution in [0.25, 0.3) is 0 Å². The number of aromatic nitrogens is 1. The monoisotopic (exact) mass is 364 g/mol. The van der Waals surface area contributed by atoms with Gasteiger partial charge in [-0.3, -0.25) is 5.32 Å². The van der Waals surface area contributed by atoms with E-state index in [0.29, 0.717) is 30.6 Å². The zero-order valence-corrected chi connectivity index (χ0v) is 15.0. The molecule has 0 radical (unpaired) electrons. The molecule has 2 amide bonds. The topological polar surface area (TPSA) is 123 Å². The summed E-state index contributed by atoms with van der Waals surface area (Å²) in [6.45, 7) is 4.49. The van der Waals surface area contributed by atoms with Gasteiger partial charge in [-0.2, -0.15) is 0 Å². The van der Waals surface area contributed by atoms with Gasteiger partial charge in [-0.1, -0.05) is 11.6 Å². The van der Waals surface area contributed by atoms with Crippen LogP contribution in [0, 0.1) is 18.8 Å². The first-order valence-corrected chi connectivity index (χ1v) is 8.77. The minimum absolute atomic E-state index is 0.0275. The largest absolute Gasteiger partial charge is 0.462 e. The number of carbonyl (C=O) groups is 2. The van der Waals surface area contributed by atoms with Gasteiger partial charge < -0.3 is 14.6 Å². The Morgan fingerprint density at radius 2 is 2.15 bits per heavy atom. The van der Waals surface area contributed by atoms with Crippen LogP contribution in [0.1, 0.15) is 48.7 Å². The van der Waals surface area contributed by atoms with Gasteiger partial charge in [-0.05, 0) is 44.9 Å². The number of esters is 1. The van der Waals surface area contributed by atoms with E-state index in [4.69, 9.17) is 9.26 Å². The van der Waals surface area contributed by atoms with Crippen LogP contribution in [-0.2, 0) is 9.53 Å². The van der Waals surface area contributed by atoms with E-state index < -0.39 is 12.0 Å². The first-order chi connectivity index (χ1) is 12.5. The second kappa shape index (κ2) is 9.72. The molecule has 1 fully saturated rings. The lowest BCUT2D eigenvalue weighted by Gasteiger charge is -2.27. The van der Waals surface area contributed by atoms with E-state index in [9.17, 15) is 14.4 Å². The molecule has 1 aliphatic rings. The summed E-state index contributed by atoms with van der Waals surface area (Å²) in [7, 11) is 0. The maximum Gasteiger partial charge on any atom is 0.345 e. The minimum Gasteiger partial charge on any atom is -0.462 e. The Morgan fingerprint density at radius 3 is 2.88 bits per heavy atom. The van der Waals surface area contributed by atoms with Gasteiger partial charge in [0.2, 0.25) is 12.0 Å². The summed E-state index contributed by atoms with van der Waals surface area (Å²) in [5, 5.41) is 8.99. The molecule has 0 bridgehead atoms. The Bertz CT molecular complexity index is 681. The molecule has 1 aliphatic carbocycles. The highest BCUT2D eigenvalue weighted by molar-refractivity contribution is 5.99. The molecular weight excluding hydrogens is 340 g/mol. The van der Waals surface area contributed by atoms with Crippen molar-refractivity contribution in [3.63, 3.8) is 0 Å². The summed E-state index contributed by atoms with van der Waals surface area (Å²) < 4.78 is 9.96. The van der Waals surface area contributed by atoms with Gasteiger partial charge >= 0.3 is 12.0 Å². The molecule has 9 heteroatoms. The lowest BCUT2D eigenvalue weighted by molar-refractivity contribution is 0.0526. The van der Waals surface area contributed by atoms with E-state index in [2.05, 4.69) is 20.8 Å². The molecule has 0 aliphatic heterocycles. The van der Waals surface area contributed by atoms with E-state index in [-0.39, 0.29) is 18.1 Å². The van der Waals surface area contributed by atoms with E-state index in [1.165, 1.54) is 0 Å². The van der Waals surface area contributed by atoms with Crippen molar-refractivity contribution in [2.24, 2.45) is 16.8 Å². The molecule has 26 heavy (non-hydrogen) atoms. The van der Waals surface area contributed by atoms with Crippen LogP contribution in [-0.4, -0.2) is 42.9 Å². The molecule has 2 rings (SSSR count). The fourth-order valence-corrected chi connectivity index (χ4v) is 3.20. The summed E-state index contributed by atoms with van der Waals surface area (Å²) >= 11 is 0. The zero-order chi connectivity index (χ0) is 18.9. The van der Waals surface area contributed by atoms with Crippen LogP contribution >= 0.6 is 0 Å². The number of nitrogens with zero attached hydrogens (tertiary/aromatic N) is 2. The van der Waals surface area contributed by atoms with Crippen molar-refractivity contribution in [2.45, 2.75) is 39.5 Å². The van der Waals surface area contributed by atoms with Crippen molar-refractivity contribution in [3.05, 3.63) is 11.3 Å². The first-order valence-electron chi connectivity index (χ1n) is 8.77. The van der Waals surface area contributed by atoms with Crippen molar-refractivity contribution in [3.8, 4) is 0 Å². The predicted molar refractivity (Wildman–Crippen MR) is 92.7 cm³/mol. The quantitative estimate of drug-likeness (QED) is 0.435. The molecule has 1 aromatic heterocycles. The Labute approximate surface area is 151 Å². The standard InChI is InChI=1S/C17H24N4O5/c1-3-25-16(23)14-11(2)21-26-15(14)20-17(24)19-9-13-6-4-5-12(7-13)8-18-10-22/h12-13H,3-9H2,1-2H3,(H2,19,20,24). The predicted octanol–water partition coefficient (Wildman–Crippen LogP) is 2.42. The van der Waals surface area contributed by atoms with Crippen molar-refractivity contribution in [1.82, 2.24) is 10.5 Å². The van der Waals surface area contributed by atoms with Gasteiger partial charge in [0.05, 0.1) is 18.8 Å². The van der Waals surface area contributed by atoms with Crippen molar-refractivity contribution in [1.29, 1.82) is 0 Å². The number of hydrogen-bond acceptors (Lipinski definition) is 7. The third-order valence-electron chi connectivity index (χ3n) is 4.43. The highest BCUT2D eigenvalue weighted by Gasteiger charge is 2.25. The number of anilines is 1. The van der Waals surface area contributed by atoms with Crippen LogP contribution in [0.15, 0.2) is 9.52 Å². The van der Waals surface area contributed by atoms with Crippen LogP contribution in [0.4, 0.5) is 10.7 Å². The number of isocyanates is 1. The van der Waals surface area contributed by atoms with Crippen molar-refractivity contribution >= 4 is 24.0 Å². The molecule has 0 spiro atoms. The lowest BCUT2D eigenvalue weighted by Crippen LogP contribution is -2.35. The highest BCUT2D eigenvalue weighted by atomic mass is 16.5. The Hall–Kier alpha value is -2.67. The Balaban J connectivity index is 1.86. The number of aliphatic imine (C=N–C) groups is 1. The first kappa shape index (κ1) is 19.7. The van der Waals surface area contributed by atoms with Crippen LogP contribution in [0.3, 0.4) is 0 Å². The molecule has 2 unspecified atom stereocenters. The number of urea groups is 1. The average Bonchev–Trinajstić information content (AvgIpc) is 2.99. The number of ether oxygens (including phenoxy) is 1. The van der Waals surface area contributed by atoms with Gasteiger partial charge in [0, 0.05) is 6.54 Å². The summed E-state index contributed by atoms with van der Waals surface area (Å²) in [6, 6.07) is -0.472. The summed E-state index contributed by atoms with van der Waals surface area (Å²) in [4.78, 5) is 37.9. The van der Waals surface area contributed by atoms with Gasteiger partial charge in [-0.25, -0.2) is 19.4 Å². The number of carbonyl (C=O) groups excluding carboxylic acids is 3. The SMILES string of the molecule is CCOC(=O)c1c(C)noc1NC(=O)NCC1CCCC(CN=C=O)C1. The molecule has 2 atom stereocenters. The minimum atomic E-state index is -0.590. The number of rotatable bonds is 7. The molecule has 0 saturated heterocycles. The summed E-state index contributed by atoms with van der Waals surface area (Å²) in [5.74, 6) is 0.0578. The normalized spacial score (nSPS) is 19.3. The highest BCUT2D eigenvalue weighted by Crippen LogP contribution is 2.28. The lowest BCUT2D eigenvalue weighted by atomic mass is 9.81. The van der Waals surface area contributed by atoms with E-state index in [1.54, 1.807) is 19.9 Å². The van der Waals surface area contributed by atoms with Crippen LogP contribution in [0.5, 0.6) is 0 Å². The summed E-state index contributed by atoms with van der Waals surface area (Å²) in [5.41, 5.74) is 0.469. The maximum atomic E-state index is 12.1. The maximum absolute atomic E-state index is 12.1. The van der Waals surface area contributed by atoms with Gasteiger partial charge in [0.15, 0.2) is 0 Å². The van der Waals surface area contributed by atoms with Gasteiger partial charge in [-0.15, -0.1) is 0 Å². The van der Waals surface area contributed by atoms with Gasteiger partial charge in [0.1, 0.15) is 5.56 Å². The van der Waals surface area contributed by atoms with E-state index >= 15 is 0 Å². The number of aryl methyl sites for hydroxylation is 1. The molecule has 2 N–H and O–H groups in total. The fourth-order valence-electron chi connectivity index (χ4n) is 3.20. The second-order valence-electron chi connectivity index (χ2n) is 6.36. The third-order valence-corrected chi connectivity index (χ3v) is 4.43. The zero-order valence-electron chi connectivity index (χ0n) is 15.0. The van der Waals surface area contributed by atoms with Gasteiger partial charge in [0.25, 0.3) is 0 Å². The van der Waals surface area contributed by atoms with E-state index in [0.717, 1.165) is 25.7 Å². The molecule has 0 aromatic carbocycles. The Kier molecular flexibility index (Phi) is 7.35. The third kappa shape index (κ3) is 5.42. The van der Waals surface area contributed by atoms with Crippen LogP contribution in [0.2, 0.25) is 0 Å². The number of amides is 2. The van der Waals surface area contributed by atoms with E-state index in [1.807, 2.05) is 0 Å². The molecular formula is C17H24N4O5. The molecule has 142 valence electrons. The molecule has 1 heterocycles. The number of hydrogen-bond donors (Lipinski definition) is 2. The van der Waals surface area contributed by atoms with Crippen LogP contribution < -0.4 is 10.6 Å². The smallest absolute Gasteiger partial charge is 0.345 e. The molecule has 1 aromatic rings. The molecule has 9 nitrogen and oxygen atoms in total. The van der Waals surface area contributed by atoms with Crippen molar-refractivity contribution < 1.29 is 23.6 Å². The fraction of sp³-hybridized carbons (Fsp3) is 0.647. The molecule has 1 saturated carbocycles.